The Morgan fingerprint density at radius 2 is 1.42 bits per heavy atom. The van der Waals surface area contributed by atoms with Gasteiger partial charge in [0.05, 0.1) is 24.7 Å². The van der Waals surface area contributed by atoms with Crippen molar-refractivity contribution < 1.29 is 39.0 Å². The van der Waals surface area contributed by atoms with Crippen molar-refractivity contribution in [1.82, 2.24) is 41.9 Å². The van der Waals surface area contributed by atoms with E-state index in [0.717, 1.165) is 5.56 Å². The number of carbonyl (C=O) groups excluding carboxylic acids is 5. The summed E-state index contributed by atoms with van der Waals surface area (Å²) >= 11 is 0. The number of aromatic amines is 1. The molecular formula is C33H51N11O8. The van der Waals surface area contributed by atoms with E-state index in [2.05, 4.69) is 41.9 Å². The standard InChI is InChI=1S/C33H51N11O8/c1-18(2)12-24(31(50)44-26(16-45)32(51)52)42-27(46)19(3)40-30(49)25(14-21-15-37-17-39-21)43-29(48)23(10-7-11-38-33(35)36)41-28(47)22(34)13-20-8-5-4-6-9-20/h4-6,8-9,15,17-19,22-26,45H,7,10-14,16,34H2,1-3H3,(H,37,39)(H,40,49)(H,41,47)(H,42,46)(H,43,48)(H,44,50)(H,51,52)(H4,35,36,38)/t19-,22-,23-,24-,25-,26-/m0/s1. The highest BCUT2D eigenvalue weighted by Gasteiger charge is 2.32. The molecule has 5 amide bonds. The molecule has 0 aliphatic rings. The number of aliphatic hydroxyl groups is 1. The fourth-order valence-electron chi connectivity index (χ4n) is 4.97. The van der Waals surface area contributed by atoms with E-state index in [0.29, 0.717) is 12.1 Å². The molecule has 14 N–H and O–H groups in total. The summed E-state index contributed by atoms with van der Waals surface area (Å²) in [5.74, 6) is -5.54. The second-order valence-corrected chi connectivity index (χ2v) is 12.7. The Kier molecular flexibility index (Phi) is 17.7. The molecule has 2 aromatic rings. The number of nitrogens with two attached hydrogens (primary N) is 2. The van der Waals surface area contributed by atoms with Gasteiger partial charge in [-0.2, -0.15) is 0 Å². The monoisotopic (exact) mass is 729 g/mol. The lowest BCUT2D eigenvalue weighted by atomic mass is 10.0. The molecule has 0 aliphatic carbocycles. The number of imidazole rings is 1. The molecule has 0 unspecified atom stereocenters. The SMILES string of the molecule is CC(C)C[C@H](NC(=O)[C@H](C)NC(=O)[C@H](Cc1c[nH]cn1)NC(=O)[C@H](CCCNC(=N)N)NC(=O)[C@@H](N)Cc1ccccc1)C(=O)N[C@@H](CO)C(=O)O. The number of guanidine groups is 1. The van der Waals surface area contributed by atoms with Gasteiger partial charge in [-0.1, -0.05) is 44.2 Å². The van der Waals surface area contributed by atoms with Crippen LogP contribution < -0.4 is 43.4 Å². The smallest absolute Gasteiger partial charge is 0.328 e. The zero-order valence-corrected chi connectivity index (χ0v) is 29.5. The van der Waals surface area contributed by atoms with Crippen LogP contribution in [0.2, 0.25) is 0 Å². The number of nitrogens with one attached hydrogen (secondary N) is 8. The highest BCUT2D eigenvalue weighted by molar-refractivity contribution is 5.96. The van der Waals surface area contributed by atoms with Crippen molar-refractivity contribution in [2.24, 2.45) is 17.4 Å². The Hall–Kier alpha value is -5.56. The van der Waals surface area contributed by atoms with E-state index in [1.807, 2.05) is 30.3 Å². The topological polar surface area (TPSA) is 320 Å². The minimum Gasteiger partial charge on any atom is -0.480 e. The highest BCUT2D eigenvalue weighted by atomic mass is 16.4. The molecule has 1 aromatic carbocycles. The summed E-state index contributed by atoms with van der Waals surface area (Å²) in [6.45, 7) is 4.29. The molecule has 0 saturated heterocycles. The summed E-state index contributed by atoms with van der Waals surface area (Å²) in [5.41, 5.74) is 12.7. The second kappa shape index (κ2) is 21.6. The van der Waals surface area contributed by atoms with E-state index >= 15 is 0 Å². The quantitative estimate of drug-likeness (QED) is 0.0336. The van der Waals surface area contributed by atoms with Gasteiger partial charge in [0.15, 0.2) is 5.96 Å². The van der Waals surface area contributed by atoms with Crippen molar-refractivity contribution in [3.8, 4) is 0 Å². The lowest BCUT2D eigenvalue weighted by Gasteiger charge is -2.26. The van der Waals surface area contributed by atoms with Crippen LogP contribution in [-0.4, -0.2) is 111 Å². The van der Waals surface area contributed by atoms with Crippen LogP contribution in [-0.2, 0) is 41.6 Å². The van der Waals surface area contributed by atoms with Gasteiger partial charge in [0.25, 0.3) is 0 Å². The van der Waals surface area contributed by atoms with Crippen LogP contribution in [0.1, 0.15) is 51.3 Å². The van der Waals surface area contributed by atoms with Crippen LogP contribution in [0, 0.1) is 11.3 Å². The fraction of sp³-hybridized carbons (Fsp3) is 0.515. The van der Waals surface area contributed by atoms with E-state index < -0.39 is 78.4 Å². The number of carbonyl (C=O) groups is 6. The molecule has 6 atom stereocenters. The Morgan fingerprint density at radius 1 is 0.827 bits per heavy atom. The molecule has 2 rings (SSSR count). The first-order chi connectivity index (χ1) is 24.6. The average molecular weight is 730 g/mol. The number of aliphatic hydroxyl groups excluding tert-OH is 1. The van der Waals surface area contributed by atoms with Crippen molar-refractivity contribution in [2.75, 3.05) is 13.2 Å². The van der Waals surface area contributed by atoms with Gasteiger partial charge in [-0.05, 0) is 44.1 Å². The van der Waals surface area contributed by atoms with Crippen LogP contribution >= 0.6 is 0 Å². The molecule has 0 fully saturated rings. The first-order valence-electron chi connectivity index (χ1n) is 16.8. The van der Waals surface area contributed by atoms with Crippen molar-refractivity contribution in [2.45, 2.75) is 89.1 Å². The molecule has 1 aromatic heterocycles. The normalized spacial score (nSPS) is 14.4. The van der Waals surface area contributed by atoms with Crippen LogP contribution in [0.5, 0.6) is 0 Å². The summed E-state index contributed by atoms with van der Waals surface area (Å²) in [4.78, 5) is 84.6. The van der Waals surface area contributed by atoms with Crippen molar-refractivity contribution in [3.63, 3.8) is 0 Å². The van der Waals surface area contributed by atoms with Crippen molar-refractivity contribution in [3.05, 3.63) is 54.1 Å². The zero-order valence-electron chi connectivity index (χ0n) is 29.5. The molecule has 19 heteroatoms. The third kappa shape index (κ3) is 15.1. The van der Waals surface area contributed by atoms with Crippen LogP contribution in [0.4, 0.5) is 0 Å². The molecule has 0 radical (unpaired) electrons. The number of nitrogens with zero attached hydrogens (tertiary/aromatic N) is 1. The Bertz CT molecular complexity index is 1490. The van der Waals surface area contributed by atoms with Crippen LogP contribution in [0.3, 0.4) is 0 Å². The summed E-state index contributed by atoms with van der Waals surface area (Å²) in [7, 11) is 0. The van der Waals surface area contributed by atoms with Crippen LogP contribution in [0.15, 0.2) is 42.9 Å². The molecule has 19 nitrogen and oxygen atoms in total. The molecule has 0 saturated carbocycles. The van der Waals surface area contributed by atoms with Gasteiger partial charge >= 0.3 is 5.97 Å². The van der Waals surface area contributed by atoms with Gasteiger partial charge in [0, 0.05) is 19.2 Å². The van der Waals surface area contributed by atoms with Gasteiger partial charge in [-0.25, -0.2) is 9.78 Å². The minimum atomic E-state index is -1.58. The summed E-state index contributed by atoms with van der Waals surface area (Å²) in [5, 5.41) is 41.0. The summed E-state index contributed by atoms with van der Waals surface area (Å²) in [6, 6.07) is 1.65. The predicted molar refractivity (Wildman–Crippen MR) is 189 cm³/mol. The maximum atomic E-state index is 13.7. The molecule has 0 bridgehead atoms. The van der Waals surface area contributed by atoms with E-state index in [1.165, 1.54) is 19.4 Å². The number of carboxylic acids is 1. The number of aromatic nitrogens is 2. The number of aliphatic carboxylic acids is 1. The van der Waals surface area contributed by atoms with Crippen molar-refractivity contribution in [1.29, 1.82) is 5.41 Å². The Labute approximate surface area is 301 Å². The lowest BCUT2D eigenvalue weighted by Crippen LogP contribution is -2.59. The Morgan fingerprint density at radius 3 is 2.00 bits per heavy atom. The Balaban J connectivity index is 2.21. The molecule has 0 aliphatic heterocycles. The van der Waals surface area contributed by atoms with E-state index in [-0.39, 0.29) is 44.1 Å². The van der Waals surface area contributed by atoms with E-state index in [1.54, 1.807) is 13.8 Å². The number of benzene rings is 1. The number of carboxylic acid groups (broad SMARTS) is 1. The van der Waals surface area contributed by atoms with Gasteiger partial charge in [0.1, 0.15) is 30.2 Å². The van der Waals surface area contributed by atoms with Crippen LogP contribution in [0.25, 0.3) is 0 Å². The first kappa shape index (κ1) is 42.6. The lowest BCUT2D eigenvalue weighted by molar-refractivity contribution is -0.143. The maximum Gasteiger partial charge on any atom is 0.328 e. The van der Waals surface area contributed by atoms with Gasteiger partial charge < -0.3 is 58.6 Å². The fourth-order valence-corrected chi connectivity index (χ4v) is 4.97. The van der Waals surface area contributed by atoms with Crippen molar-refractivity contribution >= 4 is 41.5 Å². The van der Waals surface area contributed by atoms with Gasteiger partial charge in [-0.3, -0.25) is 29.4 Å². The van der Waals surface area contributed by atoms with Gasteiger partial charge in [-0.15, -0.1) is 0 Å². The number of hydrogen-bond acceptors (Lipinski definition) is 10. The molecule has 52 heavy (non-hydrogen) atoms. The zero-order chi connectivity index (χ0) is 38.8. The maximum absolute atomic E-state index is 13.7. The summed E-state index contributed by atoms with van der Waals surface area (Å²) < 4.78 is 0. The second-order valence-electron chi connectivity index (χ2n) is 12.7. The number of rotatable bonds is 22. The molecule has 1 heterocycles. The molecular weight excluding hydrogens is 678 g/mol. The number of hydrogen-bond donors (Lipinski definition) is 12. The molecule has 0 spiro atoms. The third-order valence-electron chi connectivity index (χ3n) is 7.74. The largest absolute Gasteiger partial charge is 0.480 e. The predicted octanol–water partition coefficient (Wildman–Crippen LogP) is -2.65. The summed E-state index contributed by atoms with van der Waals surface area (Å²) in [6.07, 6.45) is 3.51. The minimum absolute atomic E-state index is 0.0871. The molecule has 286 valence electrons. The number of H-pyrrole nitrogens is 1. The van der Waals surface area contributed by atoms with E-state index in [4.69, 9.17) is 16.9 Å². The first-order valence-corrected chi connectivity index (χ1v) is 16.8. The van der Waals surface area contributed by atoms with E-state index in [9.17, 15) is 39.0 Å². The van der Waals surface area contributed by atoms with Gasteiger partial charge in [0.2, 0.25) is 29.5 Å². The number of amides is 5. The highest BCUT2D eigenvalue weighted by Crippen LogP contribution is 2.08. The third-order valence-corrected chi connectivity index (χ3v) is 7.74. The average Bonchev–Trinajstić information content (AvgIpc) is 3.60.